The second kappa shape index (κ2) is 13.9. The van der Waals surface area contributed by atoms with E-state index in [1.54, 1.807) is 0 Å². The van der Waals surface area contributed by atoms with E-state index < -0.39 is 0 Å². The smallest absolute Gasteiger partial charge is 0.0536 e. The third kappa shape index (κ3) is 7.23. The highest BCUT2D eigenvalue weighted by atomic mass is 32.1. The van der Waals surface area contributed by atoms with Gasteiger partial charge in [0.05, 0.1) is 4.88 Å². The van der Waals surface area contributed by atoms with Crippen molar-refractivity contribution >= 4 is 56.7 Å². The molecule has 5 aromatic rings. The van der Waals surface area contributed by atoms with Crippen molar-refractivity contribution < 1.29 is 0 Å². The summed E-state index contributed by atoms with van der Waals surface area (Å²) in [6, 6.07) is 19.0. The zero-order valence-electron chi connectivity index (χ0n) is 23.7. The lowest BCUT2D eigenvalue weighted by Crippen LogP contribution is -1.80. The summed E-state index contributed by atoms with van der Waals surface area (Å²) in [4.78, 5) is 14.4. The van der Waals surface area contributed by atoms with Crippen LogP contribution in [0.1, 0.15) is 84.7 Å². The highest BCUT2D eigenvalue weighted by Gasteiger charge is 2.19. The van der Waals surface area contributed by atoms with Crippen LogP contribution in [0, 0.1) is 13.8 Å². The predicted molar refractivity (Wildman–Crippen MR) is 183 cm³/mol. The van der Waals surface area contributed by atoms with Gasteiger partial charge >= 0.3 is 0 Å². The first-order chi connectivity index (χ1) is 19.1. The van der Waals surface area contributed by atoms with Crippen LogP contribution in [0.5, 0.6) is 0 Å². The summed E-state index contributed by atoms with van der Waals surface area (Å²) in [6.45, 7) is 9.09. The summed E-state index contributed by atoms with van der Waals surface area (Å²) in [5, 5.41) is 0. The van der Waals surface area contributed by atoms with E-state index in [0.29, 0.717) is 0 Å². The van der Waals surface area contributed by atoms with Crippen molar-refractivity contribution in [3.05, 3.63) is 68.0 Å². The zero-order valence-corrected chi connectivity index (χ0v) is 27.8. The van der Waals surface area contributed by atoms with Gasteiger partial charge < -0.3 is 0 Å². The van der Waals surface area contributed by atoms with Crippen molar-refractivity contribution in [2.24, 2.45) is 0 Å². The Labute approximate surface area is 255 Å². The highest BCUT2D eigenvalue weighted by Crippen LogP contribution is 2.49. The van der Waals surface area contributed by atoms with Gasteiger partial charge in [0.2, 0.25) is 0 Å². The maximum Gasteiger partial charge on any atom is 0.0536 e. The molecule has 0 unspecified atom stereocenters. The van der Waals surface area contributed by atoms with Crippen molar-refractivity contribution in [2.75, 3.05) is 0 Å². The maximum atomic E-state index is 2.48. The standard InChI is InChI=1S/C34H40S5/c1-5-7-9-11-13-25-16-19-29(37-25)27-21-32(36-24(27)4)33-22-28(34(39-33)31-18-15-23(3)35-31)30-20-17-26(38-30)14-12-10-8-6-2/h15-22H,5-14H2,1-4H3. The molecule has 5 heteroatoms. The van der Waals surface area contributed by atoms with E-state index in [4.69, 9.17) is 0 Å². The summed E-state index contributed by atoms with van der Waals surface area (Å²) < 4.78 is 0. The number of thiophene rings is 5. The minimum atomic E-state index is 1.21. The molecule has 0 radical (unpaired) electrons. The second-order valence-electron chi connectivity index (χ2n) is 10.5. The second-order valence-corrected chi connectivity index (χ2v) is 16.4. The van der Waals surface area contributed by atoms with Gasteiger partial charge in [-0.05, 0) is 88.1 Å². The number of aryl methyl sites for hydroxylation is 4. The minimum Gasteiger partial charge on any atom is -0.140 e. The Kier molecular flexibility index (Phi) is 10.3. The number of hydrogen-bond acceptors (Lipinski definition) is 5. The molecule has 0 fully saturated rings. The van der Waals surface area contributed by atoms with Crippen LogP contribution in [0.4, 0.5) is 0 Å². The lowest BCUT2D eigenvalue weighted by molar-refractivity contribution is 0.670. The molecule has 5 rings (SSSR count). The Morgan fingerprint density at radius 2 is 1.05 bits per heavy atom. The Hall–Kier alpha value is -1.50. The van der Waals surface area contributed by atoms with Crippen molar-refractivity contribution in [3.8, 4) is 40.4 Å². The van der Waals surface area contributed by atoms with Gasteiger partial charge in [-0.3, -0.25) is 0 Å². The summed E-state index contributed by atoms with van der Waals surface area (Å²) >= 11 is 9.86. The quantitative estimate of drug-likeness (QED) is 0.110. The average Bonchev–Trinajstić information content (AvgIpc) is 3.74. The molecule has 5 aromatic heterocycles. The molecule has 0 saturated heterocycles. The lowest BCUT2D eigenvalue weighted by atomic mass is 10.1. The first-order valence-electron chi connectivity index (χ1n) is 14.5. The average molecular weight is 609 g/mol. The lowest BCUT2D eigenvalue weighted by Gasteiger charge is -1.99. The van der Waals surface area contributed by atoms with Crippen molar-refractivity contribution in [1.82, 2.24) is 0 Å². The van der Waals surface area contributed by atoms with Crippen LogP contribution in [0.25, 0.3) is 40.4 Å². The highest BCUT2D eigenvalue weighted by molar-refractivity contribution is 7.27. The van der Waals surface area contributed by atoms with Crippen LogP contribution in [0.3, 0.4) is 0 Å². The molecule has 0 saturated carbocycles. The molecule has 0 aliphatic heterocycles. The zero-order chi connectivity index (χ0) is 27.2. The van der Waals surface area contributed by atoms with Crippen LogP contribution in [0.15, 0.2) is 48.5 Å². The van der Waals surface area contributed by atoms with E-state index >= 15 is 0 Å². The molecule has 0 bridgehead atoms. The molecule has 0 spiro atoms. The molecule has 0 amide bonds. The Morgan fingerprint density at radius 1 is 0.487 bits per heavy atom. The van der Waals surface area contributed by atoms with E-state index in [9.17, 15) is 0 Å². The van der Waals surface area contributed by atoms with Crippen LogP contribution in [0.2, 0.25) is 0 Å². The normalized spacial score (nSPS) is 11.6. The monoisotopic (exact) mass is 608 g/mol. The fraction of sp³-hybridized carbons (Fsp3) is 0.412. The molecule has 0 aliphatic carbocycles. The minimum absolute atomic E-state index is 1.21. The van der Waals surface area contributed by atoms with Crippen molar-refractivity contribution in [1.29, 1.82) is 0 Å². The first kappa shape index (κ1) is 29.0. The molecule has 0 atom stereocenters. The Morgan fingerprint density at radius 3 is 1.64 bits per heavy atom. The number of rotatable bonds is 14. The SMILES string of the molecule is CCCCCCc1ccc(-c2cc(-c3cc(-c4ccc(CCCCCC)s4)c(-c4ccc(C)s4)s3)sc2C)s1. The number of hydrogen-bond donors (Lipinski definition) is 0. The summed E-state index contributed by atoms with van der Waals surface area (Å²) in [5.41, 5.74) is 2.84. The first-order valence-corrected chi connectivity index (χ1v) is 18.6. The van der Waals surface area contributed by atoms with Crippen LogP contribution in [-0.4, -0.2) is 0 Å². The van der Waals surface area contributed by atoms with Gasteiger partial charge in [0.15, 0.2) is 0 Å². The molecule has 0 aromatic carbocycles. The Balaban J connectivity index is 1.41. The van der Waals surface area contributed by atoms with Gasteiger partial charge in [0.25, 0.3) is 0 Å². The summed E-state index contributed by atoms with van der Waals surface area (Å²) in [5.74, 6) is 0. The molecule has 0 nitrogen and oxygen atoms in total. The van der Waals surface area contributed by atoms with E-state index in [2.05, 4.69) is 76.2 Å². The topological polar surface area (TPSA) is 0 Å². The van der Waals surface area contributed by atoms with Gasteiger partial charge in [0, 0.05) is 55.0 Å². The third-order valence-electron chi connectivity index (χ3n) is 7.26. The predicted octanol–water partition coefficient (Wildman–Crippen LogP) is 13.5. The van der Waals surface area contributed by atoms with Gasteiger partial charge in [-0.2, -0.15) is 0 Å². The summed E-state index contributed by atoms with van der Waals surface area (Å²) in [7, 11) is 0. The van der Waals surface area contributed by atoms with E-state index in [-0.39, 0.29) is 0 Å². The van der Waals surface area contributed by atoms with Gasteiger partial charge in [-0.15, -0.1) is 56.7 Å². The molecule has 0 aliphatic rings. The molecular weight excluding hydrogens is 569 g/mol. The van der Waals surface area contributed by atoms with E-state index in [1.165, 1.54) is 124 Å². The van der Waals surface area contributed by atoms with E-state index in [1.807, 2.05) is 56.7 Å². The van der Waals surface area contributed by atoms with Crippen LogP contribution < -0.4 is 0 Å². The third-order valence-corrected chi connectivity index (χ3v) is 13.2. The maximum absolute atomic E-state index is 2.48. The Bertz CT molecular complexity index is 1470. The molecule has 0 N–H and O–H groups in total. The molecular formula is C34H40S5. The number of unbranched alkanes of at least 4 members (excludes halogenated alkanes) is 6. The van der Waals surface area contributed by atoms with Gasteiger partial charge in [-0.1, -0.05) is 52.4 Å². The van der Waals surface area contributed by atoms with Crippen molar-refractivity contribution in [3.63, 3.8) is 0 Å². The fourth-order valence-electron chi connectivity index (χ4n) is 5.05. The summed E-state index contributed by atoms with van der Waals surface area (Å²) in [6.07, 6.45) is 13.1. The fourth-order valence-corrected chi connectivity index (χ4v) is 10.6. The van der Waals surface area contributed by atoms with Crippen molar-refractivity contribution in [2.45, 2.75) is 91.9 Å². The van der Waals surface area contributed by atoms with Crippen LogP contribution >= 0.6 is 56.7 Å². The van der Waals surface area contributed by atoms with E-state index in [0.717, 1.165) is 0 Å². The molecule has 5 heterocycles. The van der Waals surface area contributed by atoms with Gasteiger partial charge in [0.1, 0.15) is 0 Å². The van der Waals surface area contributed by atoms with Crippen LogP contribution in [-0.2, 0) is 12.8 Å². The molecule has 39 heavy (non-hydrogen) atoms. The van der Waals surface area contributed by atoms with Gasteiger partial charge in [-0.25, -0.2) is 0 Å². The molecule has 206 valence electrons. The largest absolute Gasteiger partial charge is 0.140 e.